The van der Waals surface area contributed by atoms with Crippen molar-refractivity contribution in [2.75, 3.05) is 0 Å². The third-order valence-electron chi connectivity index (χ3n) is 1.13. The Morgan fingerprint density at radius 3 is 2.09 bits per heavy atom. The second-order valence-corrected chi connectivity index (χ2v) is 2.74. The van der Waals surface area contributed by atoms with Gasteiger partial charge in [0.2, 0.25) is 0 Å². The van der Waals surface area contributed by atoms with Gasteiger partial charge in [-0.3, -0.25) is 0 Å². The largest absolute Gasteiger partial charge is 0.106 e. The van der Waals surface area contributed by atoms with Crippen LogP contribution in [0, 0.1) is 6.92 Å². The Morgan fingerprint density at radius 1 is 1.18 bits per heavy atom. The number of aryl methyl sites for hydroxylation is 1. The summed E-state index contributed by atoms with van der Waals surface area (Å²) in [7, 11) is 0. The van der Waals surface area contributed by atoms with Gasteiger partial charge in [0.1, 0.15) is 0 Å². The van der Waals surface area contributed by atoms with Crippen LogP contribution >= 0.6 is 23.2 Å². The molecule has 0 N–H and O–H groups in total. The molecule has 1 rings (SSSR count). The van der Waals surface area contributed by atoms with E-state index in [0.29, 0.717) is 5.02 Å². The molecule has 0 spiro atoms. The van der Waals surface area contributed by atoms with Gasteiger partial charge in [-0.25, -0.2) is 0 Å². The van der Waals surface area contributed by atoms with E-state index < -0.39 is 0 Å². The van der Waals surface area contributed by atoms with Gasteiger partial charge in [0, 0.05) is 10.0 Å². The Labute approximate surface area is 77.4 Å². The molecule has 60 valence electrons. The minimum Gasteiger partial charge on any atom is -0.106 e. The molecule has 0 saturated carbocycles. The summed E-state index contributed by atoms with van der Waals surface area (Å²) in [6, 6.07) is 5.45. The van der Waals surface area contributed by atoms with Crippen molar-refractivity contribution in [3.63, 3.8) is 0 Å². The quantitative estimate of drug-likeness (QED) is 0.539. The van der Waals surface area contributed by atoms with Gasteiger partial charge in [-0.05, 0) is 24.6 Å². The first-order chi connectivity index (χ1) is 5.20. The van der Waals surface area contributed by atoms with E-state index in [2.05, 4.69) is 13.2 Å². The van der Waals surface area contributed by atoms with Crippen molar-refractivity contribution in [3.05, 3.63) is 47.0 Å². The lowest BCUT2D eigenvalue weighted by atomic mass is 10.2. The zero-order valence-electron chi connectivity index (χ0n) is 6.40. The van der Waals surface area contributed by atoms with Gasteiger partial charge in [-0.15, -0.1) is 13.2 Å². The normalized spacial score (nSPS) is 8.27. The third kappa shape index (κ3) is 3.45. The molecule has 0 saturated heterocycles. The summed E-state index contributed by atoms with van der Waals surface area (Å²) in [6.45, 7) is 7.94. The van der Waals surface area contributed by atoms with Crippen LogP contribution in [0.1, 0.15) is 5.56 Å². The van der Waals surface area contributed by atoms with E-state index in [1.54, 1.807) is 6.07 Å². The van der Waals surface area contributed by atoms with Crippen LogP contribution in [0.15, 0.2) is 31.4 Å². The Bertz CT molecular complexity index is 231. The maximum absolute atomic E-state index is 5.73. The van der Waals surface area contributed by atoms with Crippen molar-refractivity contribution < 1.29 is 0 Å². The zero-order chi connectivity index (χ0) is 8.85. The molecule has 0 heterocycles. The predicted octanol–water partition coefficient (Wildman–Crippen LogP) is 4.10. The summed E-state index contributed by atoms with van der Waals surface area (Å²) in [4.78, 5) is 0. The van der Waals surface area contributed by atoms with Gasteiger partial charge in [0.25, 0.3) is 0 Å². The third-order valence-corrected chi connectivity index (χ3v) is 1.78. The fourth-order valence-corrected chi connectivity index (χ4v) is 0.976. The van der Waals surface area contributed by atoms with Crippen LogP contribution in [0.5, 0.6) is 0 Å². The molecule has 0 aromatic heterocycles. The molecule has 2 heteroatoms. The second-order valence-electron chi connectivity index (χ2n) is 1.89. The molecule has 0 aliphatic rings. The van der Waals surface area contributed by atoms with E-state index >= 15 is 0 Å². The molecule has 0 amide bonds. The van der Waals surface area contributed by atoms with E-state index in [1.165, 1.54) is 0 Å². The molecule has 0 bridgehead atoms. The molecule has 0 aliphatic heterocycles. The summed E-state index contributed by atoms with van der Waals surface area (Å²) in [6.07, 6.45) is 0. The van der Waals surface area contributed by atoms with Crippen LogP contribution in [-0.2, 0) is 0 Å². The summed E-state index contributed by atoms with van der Waals surface area (Å²) in [5.41, 5.74) is 1.06. The van der Waals surface area contributed by atoms with Gasteiger partial charge in [-0.1, -0.05) is 29.3 Å². The fraction of sp³-hybridized carbons (Fsp3) is 0.111. The van der Waals surface area contributed by atoms with Crippen LogP contribution in [0.25, 0.3) is 0 Å². The standard InChI is InChI=1S/C7H6Cl2.C2H4/c1-5-2-3-6(8)4-7(5)9;1-2/h2-4H,1H3;1-2H2. The molecule has 1 aromatic carbocycles. The second kappa shape index (κ2) is 5.22. The van der Waals surface area contributed by atoms with Gasteiger partial charge in [-0.2, -0.15) is 0 Å². The highest BCUT2D eigenvalue weighted by Gasteiger charge is 1.92. The molecule has 11 heavy (non-hydrogen) atoms. The highest BCUT2D eigenvalue weighted by molar-refractivity contribution is 6.35. The SMILES string of the molecule is C=C.Cc1ccc(Cl)cc1Cl. The van der Waals surface area contributed by atoms with Crippen molar-refractivity contribution in [3.8, 4) is 0 Å². The van der Waals surface area contributed by atoms with Crippen LogP contribution in [0.4, 0.5) is 0 Å². The van der Waals surface area contributed by atoms with Gasteiger partial charge in [0.15, 0.2) is 0 Å². The van der Waals surface area contributed by atoms with E-state index in [4.69, 9.17) is 23.2 Å². The van der Waals surface area contributed by atoms with Gasteiger partial charge < -0.3 is 0 Å². The minimum absolute atomic E-state index is 0.686. The zero-order valence-corrected chi connectivity index (χ0v) is 7.91. The summed E-state index contributed by atoms with van der Waals surface area (Å²) in [5.74, 6) is 0. The Kier molecular flexibility index (Phi) is 5.01. The minimum atomic E-state index is 0.686. The fourth-order valence-electron chi connectivity index (χ4n) is 0.567. The maximum atomic E-state index is 5.73. The number of benzene rings is 1. The highest BCUT2D eigenvalue weighted by atomic mass is 35.5. The molecule has 0 nitrogen and oxygen atoms in total. The molecule has 0 unspecified atom stereocenters. The number of halogens is 2. The molecule has 1 aromatic rings. The lowest BCUT2D eigenvalue weighted by molar-refractivity contribution is 1.47. The molecule has 0 aliphatic carbocycles. The summed E-state index contributed by atoms with van der Waals surface area (Å²) in [5, 5.41) is 1.41. The van der Waals surface area contributed by atoms with Crippen molar-refractivity contribution in [1.29, 1.82) is 0 Å². The van der Waals surface area contributed by atoms with E-state index in [9.17, 15) is 0 Å². The Morgan fingerprint density at radius 2 is 1.73 bits per heavy atom. The predicted molar refractivity (Wildman–Crippen MR) is 52.5 cm³/mol. The van der Waals surface area contributed by atoms with Crippen molar-refractivity contribution >= 4 is 23.2 Å². The van der Waals surface area contributed by atoms with Crippen LogP contribution < -0.4 is 0 Å². The first-order valence-electron chi connectivity index (χ1n) is 3.12. The maximum Gasteiger partial charge on any atom is 0.0449 e. The lowest BCUT2D eigenvalue weighted by Gasteiger charge is -1.94. The molecular formula is C9H10Cl2. The topological polar surface area (TPSA) is 0 Å². The average Bonchev–Trinajstić information content (AvgIpc) is 2.02. The Hall–Kier alpha value is -0.460. The first-order valence-corrected chi connectivity index (χ1v) is 3.87. The molecule has 0 atom stereocenters. The Balaban J connectivity index is 0.000000461. The van der Waals surface area contributed by atoms with E-state index in [1.807, 2.05) is 19.1 Å². The molecule has 0 radical (unpaired) electrons. The number of hydrogen-bond donors (Lipinski definition) is 0. The van der Waals surface area contributed by atoms with Crippen molar-refractivity contribution in [1.82, 2.24) is 0 Å². The molecular weight excluding hydrogens is 179 g/mol. The lowest BCUT2D eigenvalue weighted by Crippen LogP contribution is -1.71. The number of rotatable bonds is 0. The van der Waals surface area contributed by atoms with Gasteiger partial charge >= 0.3 is 0 Å². The van der Waals surface area contributed by atoms with Crippen LogP contribution in [0.2, 0.25) is 10.0 Å². The van der Waals surface area contributed by atoms with Crippen LogP contribution in [-0.4, -0.2) is 0 Å². The van der Waals surface area contributed by atoms with Crippen molar-refractivity contribution in [2.24, 2.45) is 0 Å². The number of hydrogen-bond acceptors (Lipinski definition) is 0. The van der Waals surface area contributed by atoms with E-state index in [0.717, 1.165) is 10.6 Å². The van der Waals surface area contributed by atoms with Gasteiger partial charge in [0.05, 0.1) is 0 Å². The van der Waals surface area contributed by atoms with Crippen LogP contribution in [0.3, 0.4) is 0 Å². The monoisotopic (exact) mass is 188 g/mol. The average molecular weight is 189 g/mol. The first kappa shape index (κ1) is 10.5. The smallest absolute Gasteiger partial charge is 0.0449 e. The summed E-state index contributed by atoms with van der Waals surface area (Å²) < 4.78 is 0. The summed E-state index contributed by atoms with van der Waals surface area (Å²) >= 11 is 11.4. The molecule has 0 fully saturated rings. The van der Waals surface area contributed by atoms with E-state index in [-0.39, 0.29) is 0 Å². The highest BCUT2D eigenvalue weighted by Crippen LogP contribution is 2.19. The van der Waals surface area contributed by atoms with Crippen molar-refractivity contribution in [2.45, 2.75) is 6.92 Å².